The van der Waals surface area contributed by atoms with Gasteiger partial charge in [-0.1, -0.05) is 37.5 Å². The van der Waals surface area contributed by atoms with Gasteiger partial charge in [0, 0.05) is 11.6 Å². The van der Waals surface area contributed by atoms with Gasteiger partial charge in [-0.3, -0.25) is 4.98 Å². The van der Waals surface area contributed by atoms with Gasteiger partial charge in [-0.05, 0) is 67.1 Å². The standard InChI is InChI=1S/C26H26N3/c1-17-14-15-27-25-20-10-6-7-11-21(20)29-23-16-19(18-8-4-3-5-9-18)12-13-22(23)28(2)26(29)24(17)25/h6-7,10-16,18H,3-5,8-9H2,1-2H3/q+1. The summed E-state index contributed by atoms with van der Waals surface area (Å²) in [6.07, 6.45) is 8.71. The summed E-state index contributed by atoms with van der Waals surface area (Å²) in [5.74, 6) is 0.708. The molecule has 0 unspecified atom stereocenters. The molecule has 1 saturated carbocycles. The second-order valence-corrected chi connectivity index (χ2v) is 8.67. The number of aryl methyl sites for hydroxylation is 2. The number of aromatic nitrogens is 3. The molecule has 0 radical (unpaired) electrons. The van der Waals surface area contributed by atoms with Crippen molar-refractivity contribution in [1.29, 1.82) is 0 Å². The van der Waals surface area contributed by atoms with Crippen LogP contribution in [0.4, 0.5) is 0 Å². The molecule has 1 aliphatic rings. The largest absolute Gasteiger partial charge is 0.297 e. The van der Waals surface area contributed by atoms with Gasteiger partial charge in [0.25, 0.3) is 5.65 Å². The van der Waals surface area contributed by atoms with Crippen LogP contribution in [0.25, 0.3) is 38.5 Å². The van der Waals surface area contributed by atoms with Gasteiger partial charge in [-0.2, -0.15) is 4.40 Å². The van der Waals surface area contributed by atoms with Gasteiger partial charge in [0.05, 0.1) is 18.0 Å². The van der Waals surface area contributed by atoms with Crippen molar-refractivity contribution in [2.75, 3.05) is 0 Å². The van der Waals surface area contributed by atoms with Crippen LogP contribution < -0.4 is 4.57 Å². The lowest BCUT2D eigenvalue weighted by molar-refractivity contribution is -0.617. The third kappa shape index (κ3) is 2.37. The molecule has 0 atom stereocenters. The highest BCUT2D eigenvalue weighted by Gasteiger charge is 2.26. The molecule has 0 saturated heterocycles. The summed E-state index contributed by atoms with van der Waals surface area (Å²) in [6.45, 7) is 2.20. The van der Waals surface area contributed by atoms with Crippen molar-refractivity contribution < 1.29 is 4.57 Å². The molecule has 0 bridgehead atoms. The average Bonchev–Trinajstić information content (AvgIpc) is 3.07. The van der Waals surface area contributed by atoms with Crippen LogP contribution >= 0.6 is 0 Å². The maximum atomic E-state index is 4.80. The first kappa shape index (κ1) is 17.0. The highest BCUT2D eigenvalue weighted by molar-refractivity contribution is 6.11. The van der Waals surface area contributed by atoms with Crippen LogP contribution in [0, 0.1) is 6.92 Å². The number of pyridine rings is 2. The Kier molecular flexibility index (Phi) is 3.67. The Morgan fingerprint density at radius 1 is 0.966 bits per heavy atom. The highest BCUT2D eigenvalue weighted by Crippen LogP contribution is 2.36. The molecular weight excluding hydrogens is 354 g/mol. The van der Waals surface area contributed by atoms with E-state index in [0.717, 1.165) is 5.52 Å². The molecule has 3 heteroatoms. The van der Waals surface area contributed by atoms with Crippen molar-refractivity contribution in [1.82, 2.24) is 9.38 Å². The fourth-order valence-electron chi connectivity index (χ4n) is 5.51. The lowest BCUT2D eigenvalue weighted by atomic mass is 9.84. The third-order valence-corrected chi connectivity index (χ3v) is 6.99. The van der Waals surface area contributed by atoms with E-state index in [9.17, 15) is 0 Å². The van der Waals surface area contributed by atoms with Gasteiger partial charge < -0.3 is 0 Å². The molecule has 0 N–H and O–H groups in total. The summed E-state index contributed by atoms with van der Waals surface area (Å²) in [5, 5.41) is 2.48. The van der Waals surface area contributed by atoms with E-state index in [0.29, 0.717) is 5.92 Å². The van der Waals surface area contributed by atoms with Crippen molar-refractivity contribution in [3.8, 4) is 0 Å². The Morgan fingerprint density at radius 3 is 2.66 bits per heavy atom. The molecule has 0 spiro atoms. The number of hydrogen-bond acceptors (Lipinski definition) is 1. The number of nitrogens with zero attached hydrogens (tertiary/aromatic N) is 3. The van der Waals surface area contributed by atoms with Crippen molar-refractivity contribution in [3.63, 3.8) is 0 Å². The summed E-state index contributed by atoms with van der Waals surface area (Å²) in [7, 11) is 2.19. The van der Waals surface area contributed by atoms with Crippen LogP contribution in [0.15, 0.2) is 54.7 Å². The van der Waals surface area contributed by atoms with Crippen molar-refractivity contribution in [2.24, 2.45) is 7.05 Å². The lowest BCUT2D eigenvalue weighted by Gasteiger charge is -2.21. The molecule has 3 aromatic heterocycles. The predicted molar refractivity (Wildman–Crippen MR) is 119 cm³/mol. The maximum absolute atomic E-state index is 4.80. The summed E-state index contributed by atoms with van der Waals surface area (Å²) < 4.78 is 4.82. The number of benzene rings is 2. The van der Waals surface area contributed by atoms with Crippen molar-refractivity contribution >= 4 is 38.5 Å². The molecule has 5 aromatic rings. The Labute approximate surface area is 170 Å². The highest BCUT2D eigenvalue weighted by atomic mass is 15.1. The zero-order valence-corrected chi connectivity index (χ0v) is 17.2. The quantitative estimate of drug-likeness (QED) is 0.259. The lowest BCUT2D eigenvalue weighted by Crippen LogP contribution is -2.27. The second-order valence-electron chi connectivity index (χ2n) is 8.67. The first-order chi connectivity index (χ1) is 14.2. The Morgan fingerprint density at radius 2 is 1.79 bits per heavy atom. The van der Waals surface area contributed by atoms with E-state index in [1.807, 2.05) is 6.20 Å². The minimum absolute atomic E-state index is 0.708. The molecule has 3 nitrogen and oxygen atoms in total. The Hall–Kier alpha value is -2.94. The monoisotopic (exact) mass is 380 g/mol. The molecule has 3 heterocycles. The van der Waals surface area contributed by atoms with Crippen LogP contribution in [0.3, 0.4) is 0 Å². The minimum Gasteiger partial charge on any atom is -0.255 e. The molecule has 1 aliphatic carbocycles. The number of rotatable bonds is 1. The minimum atomic E-state index is 0.708. The van der Waals surface area contributed by atoms with Crippen molar-refractivity contribution in [2.45, 2.75) is 44.9 Å². The van der Waals surface area contributed by atoms with Gasteiger partial charge in [0.2, 0.25) is 0 Å². The average molecular weight is 381 g/mol. The molecule has 2 aromatic carbocycles. The van der Waals surface area contributed by atoms with E-state index in [1.54, 1.807) is 0 Å². The SMILES string of the molecule is Cc1ccnc2c3ccccc3n3c4cc(C5CCCCC5)ccc4[n+](C)c3c12. The number of fused-ring (bicyclic) bond motifs is 8. The van der Waals surface area contributed by atoms with E-state index >= 15 is 0 Å². The maximum Gasteiger partial charge on any atom is 0.297 e. The van der Waals surface area contributed by atoms with E-state index in [4.69, 9.17) is 4.98 Å². The Balaban J connectivity index is 1.81. The number of imidazole rings is 1. The van der Waals surface area contributed by atoms with E-state index in [-0.39, 0.29) is 0 Å². The molecule has 29 heavy (non-hydrogen) atoms. The Bertz CT molecular complexity index is 1400. The van der Waals surface area contributed by atoms with Crippen LogP contribution in [0.5, 0.6) is 0 Å². The van der Waals surface area contributed by atoms with Crippen molar-refractivity contribution in [3.05, 3.63) is 65.9 Å². The van der Waals surface area contributed by atoms with Crippen LogP contribution in [0.1, 0.15) is 49.1 Å². The second kappa shape index (κ2) is 6.28. The number of hydrogen-bond donors (Lipinski definition) is 0. The van der Waals surface area contributed by atoms with Gasteiger partial charge in [0.15, 0.2) is 11.0 Å². The number of para-hydroxylation sites is 1. The van der Waals surface area contributed by atoms with Gasteiger partial charge in [-0.25, -0.2) is 4.57 Å². The summed E-state index contributed by atoms with van der Waals surface area (Å²) in [6, 6.07) is 18.0. The van der Waals surface area contributed by atoms with E-state index in [1.165, 1.54) is 76.2 Å². The molecule has 144 valence electrons. The fraction of sp³-hybridized carbons (Fsp3) is 0.308. The van der Waals surface area contributed by atoms with Crippen LogP contribution in [-0.2, 0) is 7.05 Å². The fourth-order valence-corrected chi connectivity index (χ4v) is 5.51. The van der Waals surface area contributed by atoms with Gasteiger partial charge >= 0.3 is 0 Å². The summed E-state index contributed by atoms with van der Waals surface area (Å²) in [4.78, 5) is 4.80. The topological polar surface area (TPSA) is 21.2 Å². The smallest absolute Gasteiger partial charge is 0.255 e. The molecular formula is C26H26N3+. The molecule has 0 amide bonds. The van der Waals surface area contributed by atoms with Gasteiger partial charge in [-0.15, -0.1) is 0 Å². The zero-order valence-electron chi connectivity index (χ0n) is 17.2. The molecule has 0 aliphatic heterocycles. The van der Waals surface area contributed by atoms with Crippen LogP contribution in [0.2, 0.25) is 0 Å². The normalized spacial score (nSPS) is 15.8. The zero-order chi connectivity index (χ0) is 19.5. The van der Waals surface area contributed by atoms with Gasteiger partial charge in [0.1, 0.15) is 5.52 Å². The molecule has 1 fully saturated rings. The summed E-state index contributed by atoms with van der Waals surface area (Å²) >= 11 is 0. The summed E-state index contributed by atoms with van der Waals surface area (Å²) in [5.41, 5.74) is 8.94. The van der Waals surface area contributed by atoms with Crippen LogP contribution in [-0.4, -0.2) is 9.38 Å². The molecule has 6 rings (SSSR count). The first-order valence-corrected chi connectivity index (χ1v) is 10.8. The van der Waals surface area contributed by atoms with E-state index in [2.05, 4.69) is 71.5 Å². The third-order valence-electron chi connectivity index (χ3n) is 6.99. The predicted octanol–water partition coefficient (Wildman–Crippen LogP) is 5.97. The van der Waals surface area contributed by atoms with E-state index < -0.39 is 0 Å². The first-order valence-electron chi connectivity index (χ1n) is 10.8.